The third kappa shape index (κ3) is 4.35. The molecule has 1 aromatic heterocycles. The standard InChI is InChI=1S/C14H24N2O3/c1-4-6-7-12(14(18)19-3)13(17)11-9-15-16(10-11)8-5-2/h9-10,12-13,17H,4-8H2,1-3H3. The van der Waals surface area contributed by atoms with E-state index in [-0.39, 0.29) is 5.97 Å². The predicted molar refractivity (Wildman–Crippen MR) is 72.5 cm³/mol. The van der Waals surface area contributed by atoms with E-state index in [0.29, 0.717) is 12.0 Å². The van der Waals surface area contributed by atoms with Gasteiger partial charge in [0.05, 0.1) is 25.3 Å². The summed E-state index contributed by atoms with van der Waals surface area (Å²) in [6, 6.07) is 0. The van der Waals surface area contributed by atoms with Gasteiger partial charge in [0, 0.05) is 18.3 Å². The fourth-order valence-electron chi connectivity index (χ4n) is 2.10. The minimum absolute atomic E-state index is 0.357. The van der Waals surface area contributed by atoms with Gasteiger partial charge < -0.3 is 9.84 Å². The minimum Gasteiger partial charge on any atom is -0.469 e. The van der Waals surface area contributed by atoms with Crippen LogP contribution in [0.1, 0.15) is 51.2 Å². The summed E-state index contributed by atoms with van der Waals surface area (Å²) >= 11 is 0. The summed E-state index contributed by atoms with van der Waals surface area (Å²) in [5, 5.41) is 14.5. The third-order valence-corrected chi connectivity index (χ3v) is 3.20. The van der Waals surface area contributed by atoms with Crippen LogP contribution in [0.4, 0.5) is 0 Å². The largest absolute Gasteiger partial charge is 0.469 e. The monoisotopic (exact) mass is 268 g/mol. The number of aliphatic hydroxyl groups is 1. The van der Waals surface area contributed by atoms with Gasteiger partial charge in [-0.15, -0.1) is 0 Å². The number of hydrogen-bond donors (Lipinski definition) is 1. The van der Waals surface area contributed by atoms with E-state index in [2.05, 4.69) is 18.9 Å². The van der Waals surface area contributed by atoms with E-state index < -0.39 is 12.0 Å². The molecule has 0 fully saturated rings. The van der Waals surface area contributed by atoms with Gasteiger partial charge in [0.1, 0.15) is 0 Å². The number of rotatable bonds is 8. The van der Waals surface area contributed by atoms with E-state index in [4.69, 9.17) is 4.74 Å². The average Bonchev–Trinajstić information content (AvgIpc) is 2.87. The van der Waals surface area contributed by atoms with Gasteiger partial charge in [-0.05, 0) is 12.8 Å². The van der Waals surface area contributed by atoms with Gasteiger partial charge in [0.15, 0.2) is 0 Å². The van der Waals surface area contributed by atoms with E-state index in [9.17, 15) is 9.90 Å². The molecule has 0 amide bonds. The van der Waals surface area contributed by atoms with Gasteiger partial charge in [-0.2, -0.15) is 5.10 Å². The summed E-state index contributed by atoms with van der Waals surface area (Å²) in [6.07, 6.45) is 6.06. The van der Waals surface area contributed by atoms with Gasteiger partial charge in [-0.25, -0.2) is 0 Å². The van der Waals surface area contributed by atoms with E-state index in [1.807, 2.05) is 0 Å². The molecular formula is C14H24N2O3. The van der Waals surface area contributed by atoms with Gasteiger partial charge in [-0.1, -0.05) is 26.7 Å². The Morgan fingerprint density at radius 1 is 1.47 bits per heavy atom. The van der Waals surface area contributed by atoms with Crippen molar-refractivity contribution in [2.24, 2.45) is 5.92 Å². The molecule has 1 rings (SSSR count). The molecule has 0 radical (unpaired) electrons. The maximum Gasteiger partial charge on any atom is 0.311 e. The maximum absolute atomic E-state index is 11.8. The number of aromatic nitrogens is 2. The van der Waals surface area contributed by atoms with Crippen molar-refractivity contribution < 1.29 is 14.6 Å². The maximum atomic E-state index is 11.8. The molecule has 5 nitrogen and oxygen atoms in total. The number of aryl methyl sites for hydroxylation is 1. The van der Waals surface area contributed by atoms with Crippen molar-refractivity contribution in [2.45, 2.75) is 52.2 Å². The van der Waals surface area contributed by atoms with Crippen molar-refractivity contribution in [3.63, 3.8) is 0 Å². The first-order chi connectivity index (χ1) is 9.13. The van der Waals surface area contributed by atoms with E-state index in [1.54, 1.807) is 17.1 Å². The van der Waals surface area contributed by atoms with Gasteiger partial charge in [-0.3, -0.25) is 9.48 Å². The summed E-state index contributed by atoms with van der Waals surface area (Å²) < 4.78 is 6.56. The topological polar surface area (TPSA) is 64.3 Å². The second-order valence-electron chi connectivity index (χ2n) is 4.75. The number of methoxy groups -OCH3 is 1. The van der Waals surface area contributed by atoms with Crippen LogP contribution < -0.4 is 0 Å². The Hall–Kier alpha value is -1.36. The molecule has 0 spiro atoms. The molecule has 0 saturated carbocycles. The smallest absolute Gasteiger partial charge is 0.311 e. The molecule has 0 aliphatic rings. The van der Waals surface area contributed by atoms with E-state index >= 15 is 0 Å². The van der Waals surface area contributed by atoms with Crippen molar-refractivity contribution in [2.75, 3.05) is 7.11 Å². The number of carbonyl (C=O) groups excluding carboxylic acids is 1. The summed E-state index contributed by atoms with van der Waals surface area (Å²) in [5.41, 5.74) is 0.681. The Morgan fingerprint density at radius 3 is 2.79 bits per heavy atom. The summed E-state index contributed by atoms with van der Waals surface area (Å²) in [7, 11) is 1.36. The van der Waals surface area contributed by atoms with Crippen molar-refractivity contribution in [1.29, 1.82) is 0 Å². The van der Waals surface area contributed by atoms with Gasteiger partial charge >= 0.3 is 5.97 Å². The predicted octanol–water partition coefficient (Wildman–Crippen LogP) is 2.31. The minimum atomic E-state index is -0.843. The molecule has 19 heavy (non-hydrogen) atoms. The Morgan fingerprint density at radius 2 is 2.21 bits per heavy atom. The Bertz CT molecular complexity index is 390. The highest BCUT2D eigenvalue weighted by Crippen LogP contribution is 2.27. The average molecular weight is 268 g/mol. The molecule has 1 heterocycles. The SMILES string of the molecule is CCCCC(C(=O)OC)C(O)c1cnn(CCC)c1. The molecule has 108 valence electrons. The van der Waals surface area contributed by atoms with Crippen LogP contribution >= 0.6 is 0 Å². The lowest BCUT2D eigenvalue weighted by Gasteiger charge is -2.19. The number of aliphatic hydroxyl groups excluding tert-OH is 1. The first-order valence-corrected chi connectivity index (χ1v) is 6.92. The number of unbranched alkanes of at least 4 members (excludes halogenated alkanes) is 1. The van der Waals surface area contributed by atoms with Gasteiger partial charge in [0.25, 0.3) is 0 Å². The van der Waals surface area contributed by atoms with Crippen LogP contribution in [-0.2, 0) is 16.1 Å². The third-order valence-electron chi connectivity index (χ3n) is 3.20. The quantitative estimate of drug-likeness (QED) is 0.735. The van der Waals surface area contributed by atoms with Crippen molar-refractivity contribution >= 4 is 5.97 Å². The molecular weight excluding hydrogens is 244 g/mol. The van der Waals surface area contributed by atoms with Crippen LogP contribution in [0.15, 0.2) is 12.4 Å². The lowest BCUT2D eigenvalue weighted by atomic mass is 9.93. The first-order valence-electron chi connectivity index (χ1n) is 6.92. The van der Waals surface area contributed by atoms with Crippen LogP contribution in [0.2, 0.25) is 0 Å². The molecule has 0 saturated heterocycles. The summed E-state index contributed by atoms with van der Waals surface area (Å²) in [6.45, 7) is 4.93. The van der Waals surface area contributed by atoms with Crippen LogP contribution in [-0.4, -0.2) is 28.0 Å². The fraction of sp³-hybridized carbons (Fsp3) is 0.714. The van der Waals surface area contributed by atoms with Crippen LogP contribution in [0, 0.1) is 5.92 Å². The second kappa shape index (κ2) is 7.94. The molecule has 0 aliphatic heterocycles. The van der Waals surface area contributed by atoms with E-state index in [1.165, 1.54) is 7.11 Å². The molecule has 0 aliphatic carbocycles. The Balaban J connectivity index is 2.78. The normalized spacial score (nSPS) is 14.1. The lowest BCUT2D eigenvalue weighted by molar-refractivity contribution is -0.150. The Labute approximate surface area is 114 Å². The molecule has 0 bridgehead atoms. The Kier molecular flexibility index (Phi) is 6.56. The molecule has 1 aromatic rings. The summed E-state index contributed by atoms with van der Waals surface area (Å²) in [5.74, 6) is -0.867. The van der Waals surface area contributed by atoms with E-state index in [0.717, 1.165) is 25.8 Å². The number of hydrogen-bond acceptors (Lipinski definition) is 4. The number of esters is 1. The zero-order valence-electron chi connectivity index (χ0n) is 12.0. The number of nitrogens with zero attached hydrogens (tertiary/aromatic N) is 2. The summed E-state index contributed by atoms with van der Waals surface area (Å²) in [4.78, 5) is 11.8. The van der Waals surface area contributed by atoms with Gasteiger partial charge in [0.2, 0.25) is 0 Å². The highest BCUT2D eigenvalue weighted by Gasteiger charge is 2.29. The zero-order chi connectivity index (χ0) is 14.3. The fourth-order valence-corrected chi connectivity index (χ4v) is 2.10. The van der Waals surface area contributed by atoms with Crippen LogP contribution in [0.5, 0.6) is 0 Å². The molecule has 0 aromatic carbocycles. The second-order valence-corrected chi connectivity index (χ2v) is 4.75. The van der Waals surface area contributed by atoms with Crippen molar-refractivity contribution in [3.8, 4) is 0 Å². The molecule has 5 heteroatoms. The highest BCUT2D eigenvalue weighted by molar-refractivity contribution is 5.73. The lowest BCUT2D eigenvalue weighted by Crippen LogP contribution is -2.23. The first kappa shape index (κ1) is 15.7. The molecule has 2 atom stereocenters. The van der Waals surface area contributed by atoms with Crippen LogP contribution in [0.3, 0.4) is 0 Å². The number of carbonyl (C=O) groups is 1. The number of ether oxygens (including phenoxy) is 1. The molecule has 1 N–H and O–H groups in total. The van der Waals surface area contributed by atoms with Crippen LogP contribution in [0.25, 0.3) is 0 Å². The van der Waals surface area contributed by atoms with Crippen molar-refractivity contribution in [3.05, 3.63) is 18.0 Å². The molecule has 2 unspecified atom stereocenters. The van der Waals surface area contributed by atoms with Crippen molar-refractivity contribution in [1.82, 2.24) is 9.78 Å². The zero-order valence-corrected chi connectivity index (χ0v) is 12.0. The highest BCUT2D eigenvalue weighted by atomic mass is 16.5.